The van der Waals surface area contributed by atoms with E-state index in [2.05, 4.69) is 0 Å². The van der Waals surface area contributed by atoms with E-state index in [0.717, 1.165) is 0 Å². The number of nitrogens with zero attached hydrogens (tertiary/aromatic N) is 2. The SMILES string of the molecule is O=C(O)c1cn(C(=O)COc2ccccc2[N+](=O)[O-])c2ccccc12. The second kappa shape index (κ2) is 6.44. The molecule has 0 aliphatic rings. The predicted molar refractivity (Wildman–Crippen MR) is 88.1 cm³/mol. The molecule has 0 saturated carbocycles. The summed E-state index contributed by atoms with van der Waals surface area (Å²) in [6.07, 6.45) is 1.22. The average Bonchev–Trinajstić information content (AvgIpc) is 3.00. The molecule has 0 radical (unpaired) electrons. The third-order valence-electron chi connectivity index (χ3n) is 3.62. The Bertz CT molecular complexity index is 992. The molecule has 8 nitrogen and oxygen atoms in total. The van der Waals surface area contributed by atoms with Gasteiger partial charge in [0, 0.05) is 17.6 Å². The summed E-state index contributed by atoms with van der Waals surface area (Å²) in [5.41, 5.74) is 0.171. The van der Waals surface area contributed by atoms with E-state index in [0.29, 0.717) is 10.9 Å². The summed E-state index contributed by atoms with van der Waals surface area (Å²) >= 11 is 0. The monoisotopic (exact) mass is 340 g/mol. The van der Waals surface area contributed by atoms with Crippen molar-refractivity contribution in [1.29, 1.82) is 0 Å². The number of carbonyl (C=O) groups is 2. The first-order valence-electron chi connectivity index (χ1n) is 7.22. The van der Waals surface area contributed by atoms with Crippen LogP contribution in [-0.4, -0.2) is 33.1 Å². The number of carboxylic acids is 1. The molecule has 126 valence electrons. The molecule has 0 aliphatic heterocycles. The lowest BCUT2D eigenvalue weighted by Crippen LogP contribution is -2.18. The standard InChI is InChI=1S/C17H12N2O6/c20-16(10-25-15-8-4-3-7-14(15)19(23)24)18-9-12(17(21)22)11-5-1-2-6-13(11)18/h1-9H,10H2,(H,21,22). The Balaban J connectivity index is 1.89. The number of hydrogen-bond acceptors (Lipinski definition) is 5. The molecular formula is C17H12N2O6. The summed E-state index contributed by atoms with van der Waals surface area (Å²) in [6.45, 7) is -0.470. The number of carboxylic acid groups (broad SMARTS) is 1. The van der Waals surface area contributed by atoms with Crippen LogP contribution in [0.15, 0.2) is 54.7 Å². The summed E-state index contributed by atoms with van der Waals surface area (Å²) in [5.74, 6) is -1.72. The van der Waals surface area contributed by atoms with Gasteiger partial charge in [-0.2, -0.15) is 0 Å². The third-order valence-corrected chi connectivity index (χ3v) is 3.62. The Morgan fingerprint density at radius 2 is 1.80 bits per heavy atom. The number of rotatable bonds is 5. The van der Waals surface area contributed by atoms with E-state index < -0.39 is 23.4 Å². The van der Waals surface area contributed by atoms with Gasteiger partial charge in [0.15, 0.2) is 12.4 Å². The molecule has 8 heteroatoms. The predicted octanol–water partition coefficient (Wildman–Crippen LogP) is 2.97. The Morgan fingerprint density at radius 3 is 2.52 bits per heavy atom. The van der Waals surface area contributed by atoms with Crippen LogP contribution in [0.2, 0.25) is 0 Å². The van der Waals surface area contributed by atoms with Crippen LogP contribution in [0.3, 0.4) is 0 Å². The van der Waals surface area contributed by atoms with Crippen molar-refractivity contribution in [1.82, 2.24) is 4.57 Å². The largest absolute Gasteiger partial charge is 0.478 e. The fraction of sp³-hybridized carbons (Fsp3) is 0.0588. The van der Waals surface area contributed by atoms with Gasteiger partial charge >= 0.3 is 11.7 Å². The minimum atomic E-state index is -1.15. The molecule has 0 aliphatic carbocycles. The second-order valence-electron chi connectivity index (χ2n) is 5.14. The maximum absolute atomic E-state index is 12.4. The lowest BCUT2D eigenvalue weighted by atomic mass is 10.2. The van der Waals surface area contributed by atoms with Gasteiger partial charge in [-0.15, -0.1) is 0 Å². The van der Waals surface area contributed by atoms with Crippen molar-refractivity contribution in [3.05, 3.63) is 70.4 Å². The Morgan fingerprint density at radius 1 is 1.12 bits per heavy atom. The van der Waals surface area contributed by atoms with Gasteiger partial charge < -0.3 is 9.84 Å². The molecule has 0 atom stereocenters. The van der Waals surface area contributed by atoms with Crippen molar-refractivity contribution >= 4 is 28.5 Å². The smallest absolute Gasteiger partial charge is 0.337 e. The van der Waals surface area contributed by atoms with Gasteiger partial charge in [-0.1, -0.05) is 30.3 Å². The average molecular weight is 340 g/mol. The highest BCUT2D eigenvalue weighted by Crippen LogP contribution is 2.26. The number of nitro benzene ring substituents is 1. The van der Waals surface area contributed by atoms with E-state index in [9.17, 15) is 24.8 Å². The molecule has 25 heavy (non-hydrogen) atoms. The van der Waals surface area contributed by atoms with Crippen molar-refractivity contribution in [3.8, 4) is 5.75 Å². The summed E-state index contributed by atoms with van der Waals surface area (Å²) in [5, 5.41) is 20.6. The lowest BCUT2D eigenvalue weighted by Gasteiger charge is -2.07. The van der Waals surface area contributed by atoms with Gasteiger partial charge in [0.05, 0.1) is 16.0 Å². The molecular weight excluding hydrogens is 328 g/mol. The summed E-state index contributed by atoms with van der Waals surface area (Å²) in [6, 6.07) is 12.3. The molecule has 0 unspecified atom stereocenters. The van der Waals surface area contributed by atoms with E-state index in [4.69, 9.17) is 4.74 Å². The minimum Gasteiger partial charge on any atom is -0.478 e. The topological polar surface area (TPSA) is 112 Å². The van der Waals surface area contributed by atoms with E-state index >= 15 is 0 Å². The first-order valence-corrected chi connectivity index (χ1v) is 7.22. The maximum atomic E-state index is 12.4. The van der Waals surface area contributed by atoms with Gasteiger partial charge in [0.25, 0.3) is 5.91 Å². The number of nitro groups is 1. The number of fused-ring (bicyclic) bond motifs is 1. The number of benzene rings is 2. The molecule has 0 amide bonds. The van der Waals surface area contributed by atoms with Crippen LogP contribution in [-0.2, 0) is 0 Å². The first kappa shape index (κ1) is 16.2. The van der Waals surface area contributed by atoms with Gasteiger partial charge in [-0.25, -0.2) is 4.79 Å². The molecule has 1 aromatic heterocycles. The number of carbonyl (C=O) groups excluding carboxylic acids is 1. The summed E-state index contributed by atoms with van der Waals surface area (Å²) in [4.78, 5) is 34.1. The van der Waals surface area contributed by atoms with Crippen molar-refractivity contribution in [2.75, 3.05) is 6.61 Å². The Labute approximate surface area is 141 Å². The van der Waals surface area contributed by atoms with Crippen LogP contribution >= 0.6 is 0 Å². The highest BCUT2D eigenvalue weighted by Gasteiger charge is 2.19. The summed E-state index contributed by atoms with van der Waals surface area (Å²) < 4.78 is 6.45. The number of ether oxygens (including phenoxy) is 1. The summed E-state index contributed by atoms with van der Waals surface area (Å²) in [7, 11) is 0. The molecule has 1 heterocycles. The van der Waals surface area contributed by atoms with E-state index in [1.54, 1.807) is 30.3 Å². The van der Waals surface area contributed by atoms with Crippen molar-refractivity contribution in [2.24, 2.45) is 0 Å². The van der Waals surface area contributed by atoms with Gasteiger partial charge in [-0.3, -0.25) is 19.5 Å². The second-order valence-corrected chi connectivity index (χ2v) is 5.14. The zero-order valence-corrected chi connectivity index (χ0v) is 12.8. The van der Waals surface area contributed by atoms with Crippen LogP contribution < -0.4 is 4.74 Å². The fourth-order valence-electron chi connectivity index (χ4n) is 2.50. The zero-order chi connectivity index (χ0) is 18.0. The number of aromatic carboxylic acids is 1. The quantitative estimate of drug-likeness (QED) is 0.564. The molecule has 0 bridgehead atoms. The molecule has 3 aromatic rings. The Hall–Kier alpha value is -3.68. The highest BCUT2D eigenvalue weighted by atomic mass is 16.6. The van der Waals surface area contributed by atoms with Gasteiger partial charge in [0.2, 0.25) is 0 Å². The van der Waals surface area contributed by atoms with Gasteiger partial charge in [0.1, 0.15) is 0 Å². The molecule has 0 fully saturated rings. The number of para-hydroxylation sites is 3. The normalized spacial score (nSPS) is 10.6. The molecule has 0 saturated heterocycles. The minimum absolute atomic E-state index is 0.00496. The first-order chi connectivity index (χ1) is 12.0. The lowest BCUT2D eigenvalue weighted by molar-refractivity contribution is -0.385. The third kappa shape index (κ3) is 3.05. The van der Waals surface area contributed by atoms with Crippen LogP contribution in [0.25, 0.3) is 10.9 Å². The van der Waals surface area contributed by atoms with Gasteiger partial charge in [-0.05, 0) is 12.1 Å². The van der Waals surface area contributed by atoms with E-state index in [1.165, 1.54) is 29.0 Å². The van der Waals surface area contributed by atoms with Crippen LogP contribution in [0, 0.1) is 10.1 Å². The maximum Gasteiger partial charge on any atom is 0.337 e. The molecule has 0 spiro atoms. The van der Waals surface area contributed by atoms with Crippen LogP contribution in [0.5, 0.6) is 5.75 Å². The highest BCUT2D eigenvalue weighted by molar-refractivity contribution is 6.06. The Kier molecular flexibility index (Phi) is 4.17. The van der Waals surface area contributed by atoms with Crippen LogP contribution in [0.1, 0.15) is 15.2 Å². The van der Waals surface area contributed by atoms with Crippen LogP contribution in [0.4, 0.5) is 5.69 Å². The van der Waals surface area contributed by atoms with Crippen molar-refractivity contribution in [2.45, 2.75) is 0 Å². The number of hydrogen-bond donors (Lipinski definition) is 1. The number of aromatic nitrogens is 1. The van der Waals surface area contributed by atoms with Crippen molar-refractivity contribution in [3.63, 3.8) is 0 Å². The molecule has 3 rings (SSSR count). The van der Waals surface area contributed by atoms with E-state index in [-0.39, 0.29) is 17.0 Å². The fourth-order valence-corrected chi connectivity index (χ4v) is 2.50. The zero-order valence-electron chi connectivity index (χ0n) is 12.8. The molecule has 1 N–H and O–H groups in total. The van der Waals surface area contributed by atoms with E-state index in [1.807, 2.05) is 0 Å². The van der Waals surface area contributed by atoms with Crippen molar-refractivity contribution < 1.29 is 24.4 Å². The molecule has 2 aromatic carbocycles.